The maximum Gasteiger partial charge on any atom is 0.144 e. The molecule has 1 aromatic rings. The normalized spacial score (nSPS) is 9.73. The van der Waals surface area contributed by atoms with Gasteiger partial charge in [0.15, 0.2) is 0 Å². The van der Waals surface area contributed by atoms with E-state index < -0.39 is 0 Å². The first-order chi connectivity index (χ1) is 5.24. The van der Waals surface area contributed by atoms with Crippen molar-refractivity contribution in [2.24, 2.45) is 5.73 Å². The lowest BCUT2D eigenvalue weighted by molar-refractivity contribution is 0.892. The summed E-state index contributed by atoms with van der Waals surface area (Å²) in [4.78, 5) is 10.1. The number of nitrogens with zero attached hydrogens (tertiary/aromatic N) is 3. The van der Waals surface area contributed by atoms with E-state index >= 15 is 0 Å². The minimum Gasteiger partial charge on any atom is -0.363 e. The monoisotopic (exact) mass is 152 g/mol. The Balaban J connectivity index is 2.91. The largest absolute Gasteiger partial charge is 0.363 e. The Hall–Kier alpha value is -1.16. The average molecular weight is 152 g/mol. The molecule has 2 N–H and O–H groups in total. The smallest absolute Gasteiger partial charge is 0.144 e. The third kappa shape index (κ3) is 1.88. The van der Waals surface area contributed by atoms with E-state index in [0.29, 0.717) is 12.4 Å². The Labute approximate surface area is 66.1 Å². The van der Waals surface area contributed by atoms with Crippen molar-refractivity contribution in [2.75, 3.05) is 19.0 Å². The molecule has 60 valence electrons. The predicted molar refractivity (Wildman–Crippen MR) is 44.3 cm³/mol. The van der Waals surface area contributed by atoms with Crippen LogP contribution in [-0.4, -0.2) is 24.1 Å². The van der Waals surface area contributed by atoms with Crippen LogP contribution in [0.15, 0.2) is 12.3 Å². The molecule has 0 aliphatic heterocycles. The first kappa shape index (κ1) is 7.94. The van der Waals surface area contributed by atoms with Crippen LogP contribution in [0.25, 0.3) is 0 Å². The Morgan fingerprint density at radius 1 is 1.55 bits per heavy atom. The standard InChI is InChI=1S/C7H12N4/c1-11(2)7-3-4-9-6(5-8)10-7/h3-4H,5,8H2,1-2H3. The second-order valence-corrected chi connectivity index (χ2v) is 2.43. The van der Waals surface area contributed by atoms with Crippen molar-refractivity contribution in [3.8, 4) is 0 Å². The van der Waals surface area contributed by atoms with Gasteiger partial charge in [-0.3, -0.25) is 0 Å². The van der Waals surface area contributed by atoms with E-state index in [1.54, 1.807) is 6.20 Å². The molecule has 0 radical (unpaired) electrons. The van der Waals surface area contributed by atoms with Crippen LogP contribution in [0.3, 0.4) is 0 Å². The van der Waals surface area contributed by atoms with Gasteiger partial charge in [-0.1, -0.05) is 0 Å². The van der Waals surface area contributed by atoms with Gasteiger partial charge >= 0.3 is 0 Å². The molecule has 0 saturated carbocycles. The van der Waals surface area contributed by atoms with E-state index in [1.807, 2.05) is 25.1 Å². The maximum atomic E-state index is 5.38. The molecular weight excluding hydrogens is 140 g/mol. The number of nitrogens with two attached hydrogens (primary N) is 1. The summed E-state index contributed by atoms with van der Waals surface area (Å²) < 4.78 is 0. The molecule has 4 heteroatoms. The van der Waals surface area contributed by atoms with E-state index in [-0.39, 0.29) is 0 Å². The fourth-order valence-electron chi connectivity index (χ4n) is 0.736. The Morgan fingerprint density at radius 2 is 2.27 bits per heavy atom. The summed E-state index contributed by atoms with van der Waals surface area (Å²) in [5.41, 5.74) is 5.38. The van der Waals surface area contributed by atoms with Gasteiger partial charge in [0.2, 0.25) is 0 Å². The summed E-state index contributed by atoms with van der Waals surface area (Å²) in [6.45, 7) is 0.391. The van der Waals surface area contributed by atoms with Crippen molar-refractivity contribution >= 4 is 5.82 Å². The summed E-state index contributed by atoms with van der Waals surface area (Å²) in [6.07, 6.45) is 1.71. The molecule has 1 rings (SSSR count). The highest BCUT2D eigenvalue weighted by Gasteiger charge is 1.97. The third-order valence-corrected chi connectivity index (χ3v) is 1.33. The van der Waals surface area contributed by atoms with Crippen molar-refractivity contribution in [3.63, 3.8) is 0 Å². The fraction of sp³-hybridized carbons (Fsp3) is 0.429. The number of anilines is 1. The molecule has 0 spiro atoms. The van der Waals surface area contributed by atoms with Gasteiger partial charge in [-0.2, -0.15) is 0 Å². The SMILES string of the molecule is CN(C)c1ccnc(CN)n1. The Kier molecular flexibility index (Phi) is 2.38. The lowest BCUT2D eigenvalue weighted by Gasteiger charge is -2.10. The van der Waals surface area contributed by atoms with Crippen LogP contribution in [0.1, 0.15) is 5.82 Å². The summed E-state index contributed by atoms with van der Waals surface area (Å²) in [6, 6.07) is 1.85. The van der Waals surface area contributed by atoms with Gasteiger partial charge in [0.25, 0.3) is 0 Å². The van der Waals surface area contributed by atoms with E-state index in [9.17, 15) is 0 Å². The molecule has 0 unspecified atom stereocenters. The lowest BCUT2D eigenvalue weighted by Crippen LogP contribution is -2.13. The van der Waals surface area contributed by atoms with Gasteiger partial charge in [0.05, 0.1) is 6.54 Å². The second-order valence-electron chi connectivity index (χ2n) is 2.43. The van der Waals surface area contributed by atoms with Crippen molar-refractivity contribution in [2.45, 2.75) is 6.54 Å². The average Bonchev–Trinajstić information content (AvgIpc) is 2.05. The molecule has 0 fully saturated rings. The first-order valence-electron chi connectivity index (χ1n) is 3.43. The molecule has 0 amide bonds. The van der Waals surface area contributed by atoms with Gasteiger partial charge in [0.1, 0.15) is 11.6 Å². The highest BCUT2D eigenvalue weighted by molar-refractivity contribution is 5.34. The van der Waals surface area contributed by atoms with Crippen LogP contribution >= 0.6 is 0 Å². The molecule has 0 aromatic carbocycles. The van der Waals surface area contributed by atoms with Gasteiger partial charge < -0.3 is 10.6 Å². The van der Waals surface area contributed by atoms with Gasteiger partial charge in [-0.15, -0.1) is 0 Å². The maximum absolute atomic E-state index is 5.38. The minimum atomic E-state index is 0.391. The van der Waals surface area contributed by atoms with Crippen molar-refractivity contribution in [1.29, 1.82) is 0 Å². The highest BCUT2D eigenvalue weighted by Crippen LogP contribution is 2.04. The van der Waals surface area contributed by atoms with E-state index in [2.05, 4.69) is 9.97 Å². The molecule has 1 aromatic heterocycles. The Morgan fingerprint density at radius 3 is 2.82 bits per heavy atom. The van der Waals surface area contributed by atoms with Crippen LogP contribution < -0.4 is 10.6 Å². The molecule has 0 aliphatic carbocycles. The van der Waals surface area contributed by atoms with Crippen LogP contribution in [0.4, 0.5) is 5.82 Å². The second kappa shape index (κ2) is 3.30. The molecule has 4 nitrogen and oxygen atoms in total. The van der Waals surface area contributed by atoms with Crippen molar-refractivity contribution < 1.29 is 0 Å². The summed E-state index contributed by atoms with van der Waals surface area (Å²) in [7, 11) is 3.87. The lowest BCUT2D eigenvalue weighted by atomic mass is 10.5. The summed E-state index contributed by atoms with van der Waals surface area (Å²) in [5, 5.41) is 0. The molecule has 11 heavy (non-hydrogen) atoms. The number of aromatic nitrogens is 2. The van der Waals surface area contributed by atoms with E-state index in [0.717, 1.165) is 5.82 Å². The predicted octanol–water partition coefficient (Wildman–Crippen LogP) is 0.00130. The molecule has 1 heterocycles. The van der Waals surface area contributed by atoms with E-state index in [4.69, 9.17) is 5.73 Å². The molecule has 0 bridgehead atoms. The zero-order chi connectivity index (χ0) is 8.27. The van der Waals surface area contributed by atoms with Crippen LogP contribution in [0.5, 0.6) is 0 Å². The molecular formula is C7H12N4. The number of hydrogen-bond donors (Lipinski definition) is 1. The number of hydrogen-bond acceptors (Lipinski definition) is 4. The Bertz CT molecular complexity index is 234. The first-order valence-corrected chi connectivity index (χ1v) is 3.43. The zero-order valence-electron chi connectivity index (χ0n) is 6.78. The minimum absolute atomic E-state index is 0.391. The topological polar surface area (TPSA) is 55.0 Å². The van der Waals surface area contributed by atoms with E-state index in [1.165, 1.54) is 0 Å². The third-order valence-electron chi connectivity index (χ3n) is 1.33. The molecule has 0 saturated heterocycles. The summed E-state index contributed by atoms with van der Waals surface area (Å²) in [5.74, 6) is 1.57. The fourth-order valence-corrected chi connectivity index (χ4v) is 0.736. The van der Waals surface area contributed by atoms with Crippen molar-refractivity contribution in [1.82, 2.24) is 9.97 Å². The number of rotatable bonds is 2. The van der Waals surface area contributed by atoms with Crippen LogP contribution in [-0.2, 0) is 6.54 Å². The van der Waals surface area contributed by atoms with Crippen LogP contribution in [0, 0.1) is 0 Å². The zero-order valence-corrected chi connectivity index (χ0v) is 6.78. The van der Waals surface area contributed by atoms with Gasteiger partial charge in [-0.05, 0) is 6.07 Å². The van der Waals surface area contributed by atoms with Crippen molar-refractivity contribution in [3.05, 3.63) is 18.1 Å². The van der Waals surface area contributed by atoms with Gasteiger partial charge in [-0.25, -0.2) is 9.97 Å². The van der Waals surface area contributed by atoms with Gasteiger partial charge in [0, 0.05) is 20.3 Å². The molecule has 0 aliphatic rings. The van der Waals surface area contributed by atoms with Crippen LogP contribution in [0.2, 0.25) is 0 Å². The highest BCUT2D eigenvalue weighted by atomic mass is 15.1. The molecule has 0 atom stereocenters. The quantitative estimate of drug-likeness (QED) is 0.648. The summed E-state index contributed by atoms with van der Waals surface area (Å²) >= 11 is 0.